The summed E-state index contributed by atoms with van der Waals surface area (Å²) in [6.07, 6.45) is 0.397. The average Bonchev–Trinajstić information content (AvgIpc) is 2.98. The SMILES string of the molecule is Cc1ccc(C(=O)NCc2cscn2)c(C#CCCO)c1. The maximum absolute atomic E-state index is 12.3. The summed E-state index contributed by atoms with van der Waals surface area (Å²) in [4.78, 5) is 16.4. The van der Waals surface area contributed by atoms with E-state index < -0.39 is 0 Å². The van der Waals surface area contributed by atoms with Crippen LogP contribution in [0, 0.1) is 18.8 Å². The Morgan fingerprint density at radius 3 is 3.05 bits per heavy atom. The lowest BCUT2D eigenvalue weighted by molar-refractivity contribution is 0.0950. The number of nitrogens with zero attached hydrogens (tertiary/aromatic N) is 1. The molecule has 1 amide bonds. The molecule has 1 heterocycles. The molecule has 2 N–H and O–H groups in total. The summed E-state index contributed by atoms with van der Waals surface area (Å²) < 4.78 is 0. The molecule has 5 heteroatoms. The van der Waals surface area contributed by atoms with Gasteiger partial charge in [0.25, 0.3) is 5.91 Å². The number of aryl methyl sites for hydroxylation is 1. The summed E-state index contributed by atoms with van der Waals surface area (Å²) in [6.45, 7) is 2.37. The molecule has 1 aromatic carbocycles. The zero-order valence-corrected chi connectivity index (χ0v) is 12.5. The molecule has 0 fully saturated rings. The van der Waals surface area contributed by atoms with E-state index in [2.05, 4.69) is 22.1 Å². The van der Waals surface area contributed by atoms with E-state index in [-0.39, 0.29) is 12.5 Å². The van der Waals surface area contributed by atoms with E-state index in [0.717, 1.165) is 11.3 Å². The zero-order valence-electron chi connectivity index (χ0n) is 11.7. The number of hydrogen-bond acceptors (Lipinski definition) is 4. The van der Waals surface area contributed by atoms with E-state index in [0.29, 0.717) is 24.1 Å². The lowest BCUT2D eigenvalue weighted by Gasteiger charge is -2.07. The molecule has 2 aromatic rings. The molecular weight excluding hydrogens is 284 g/mol. The van der Waals surface area contributed by atoms with E-state index in [1.165, 1.54) is 11.3 Å². The second kappa shape index (κ2) is 7.58. The van der Waals surface area contributed by atoms with Crippen LogP contribution in [-0.2, 0) is 6.54 Å². The smallest absolute Gasteiger partial charge is 0.252 e. The summed E-state index contributed by atoms with van der Waals surface area (Å²) in [6, 6.07) is 5.53. The first-order chi connectivity index (χ1) is 10.2. The summed E-state index contributed by atoms with van der Waals surface area (Å²) in [7, 11) is 0. The standard InChI is InChI=1S/C16H16N2O2S/c1-12-5-6-15(13(8-12)4-2-3-7-19)16(20)17-9-14-10-21-11-18-14/h5-6,8,10-11,19H,3,7,9H2,1H3,(H,17,20). The highest BCUT2D eigenvalue weighted by Gasteiger charge is 2.10. The van der Waals surface area contributed by atoms with Crippen molar-refractivity contribution in [1.82, 2.24) is 10.3 Å². The third-order valence-corrected chi connectivity index (χ3v) is 3.43. The minimum atomic E-state index is -0.170. The number of rotatable bonds is 4. The number of carbonyl (C=O) groups excluding carboxylic acids is 1. The Morgan fingerprint density at radius 1 is 1.48 bits per heavy atom. The Kier molecular flexibility index (Phi) is 5.50. The number of amides is 1. The largest absolute Gasteiger partial charge is 0.395 e. The second-order valence-electron chi connectivity index (χ2n) is 4.49. The molecule has 0 aliphatic rings. The lowest BCUT2D eigenvalue weighted by Crippen LogP contribution is -2.23. The van der Waals surface area contributed by atoms with Crippen LogP contribution >= 0.6 is 11.3 Å². The van der Waals surface area contributed by atoms with Gasteiger partial charge in [-0.2, -0.15) is 0 Å². The highest BCUT2D eigenvalue weighted by Crippen LogP contribution is 2.11. The number of benzene rings is 1. The zero-order chi connectivity index (χ0) is 15.1. The van der Waals surface area contributed by atoms with Gasteiger partial charge in [-0.3, -0.25) is 4.79 Å². The maximum Gasteiger partial charge on any atom is 0.252 e. The summed E-state index contributed by atoms with van der Waals surface area (Å²) in [5.41, 5.74) is 4.84. The van der Waals surface area contributed by atoms with Crippen LogP contribution in [0.1, 0.15) is 33.6 Å². The first-order valence-electron chi connectivity index (χ1n) is 6.56. The third kappa shape index (κ3) is 4.42. The van der Waals surface area contributed by atoms with Crippen molar-refractivity contribution in [2.24, 2.45) is 0 Å². The van der Waals surface area contributed by atoms with Gasteiger partial charge in [0.15, 0.2) is 0 Å². The molecule has 0 unspecified atom stereocenters. The molecule has 0 aliphatic carbocycles. The second-order valence-corrected chi connectivity index (χ2v) is 5.21. The van der Waals surface area contributed by atoms with Crippen molar-refractivity contribution in [2.75, 3.05) is 6.61 Å². The van der Waals surface area contributed by atoms with Crippen LogP contribution in [0.5, 0.6) is 0 Å². The molecule has 21 heavy (non-hydrogen) atoms. The minimum Gasteiger partial charge on any atom is -0.395 e. The highest BCUT2D eigenvalue weighted by molar-refractivity contribution is 7.07. The molecule has 0 aliphatic heterocycles. The lowest BCUT2D eigenvalue weighted by atomic mass is 10.0. The fraction of sp³-hybridized carbons (Fsp3) is 0.250. The monoisotopic (exact) mass is 300 g/mol. The predicted octanol–water partition coefficient (Wildman–Crippen LogP) is 2.12. The Hall–Kier alpha value is -2.16. The molecule has 0 saturated heterocycles. The van der Waals surface area contributed by atoms with Gasteiger partial charge in [0.05, 0.1) is 29.9 Å². The van der Waals surface area contributed by atoms with Gasteiger partial charge in [-0.05, 0) is 24.6 Å². The van der Waals surface area contributed by atoms with Crippen LogP contribution < -0.4 is 5.32 Å². The van der Waals surface area contributed by atoms with Crippen molar-refractivity contribution in [3.05, 3.63) is 51.5 Å². The summed E-state index contributed by atoms with van der Waals surface area (Å²) in [5.74, 6) is 5.63. The van der Waals surface area contributed by atoms with Gasteiger partial charge in [-0.25, -0.2) is 4.98 Å². The van der Waals surface area contributed by atoms with Crippen molar-refractivity contribution in [1.29, 1.82) is 0 Å². The fourth-order valence-corrected chi connectivity index (χ4v) is 2.32. The number of aliphatic hydroxyl groups is 1. The van der Waals surface area contributed by atoms with Crippen LogP contribution in [0.15, 0.2) is 29.1 Å². The van der Waals surface area contributed by atoms with Crippen molar-refractivity contribution < 1.29 is 9.90 Å². The van der Waals surface area contributed by atoms with Crippen LogP contribution in [0.2, 0.25) is 0 Å². The van der Waals surface area contributed by atoms with Gasteiger partial charge in [-0.1, -0.05) is 17.9 Å². The van der Waals surface area contributed by atoms with Gasteiger partial charge in [-0.15, -0.1) is 11.3 Å². The highest BCUT2D eigenvalue weighted by atomic mass is 32.1. The quantitative estimate of drug-likeness (QED) is 0.850. The molecule has 0 bridgehead atoms. The first-order valence-corrected chi connectivity index (χ1v) is 7.50. The van der Waals surface area contributed by atoms with Crippen LogP contribution in [-0.4, -0.2) is 22.6 Å². The molecule has 4 nitrogen and oxygen atoms in total. The minimum absolute atomic E-state index is 0.0180. The van der Waals surface area contributed by atoms with Crippen molar-refractivity contribution in [3.8, 4) is 11.8 Å². The predicted molar refractivity (Wildman–Crippen MR) is 83.0 cm³/mol. The Bertz CT molecular complexity index is 669. The topological polar surface area (TPSA) is 62.2 Å². The summed E-state index contributed by atoms with van der Waals surface area (Å²) >= 11 is 1.50. The molecule has 2 rings (SSSR count). The third-order valence-electron chi connectivity index (χ3n) is 2.79. The average molecular weight is 300 g/mol. The van der Waals surface area contributed by atoms with Crippen molar-refractivity contribution in [2.45, 2.75) is 19.9 Å². The summed E-state index contributed by atoms with van der Waals surface area (Å²) in [5, 5.41) is 13.5. The Labute approximate surface area is 127 Å². The van der Waals surface area contributed by atoms with Gasteiger partial charge in [0.1, 0.15) is 0 Å². The van der Waals surface area contributed by atoms with Crippen LogP contribution in [0.3, 0.4) is 0 Å². The number of thiazole rings is 1. The molecular formula is C16H16N2O2S. The van der Waals surface area contributed by atoms with Crippen LogP contribution in [0.4, 0.5) is 0 Å². The number of aromatic nitrogens is 1. The van der Waals surface area contributed by atoms with E-state index in [1.807, 2.05) is 24.4 Å². The Balaban J connectivity index is 2.14. The fourth-order valence-electron chi connectivity index (χ4n) is 1.76. The van der Waals surface area contributed by atoms with Crippen molar-refractivity contribution in [3.63, 3.8) is 0 Å². The van der Waals surface area contributed by atoms with E-state index in [4.69, 9.17) is 5.11 Å². The van der Waals surface area contributed by atoms with Crippen molar-refractivity contribution >= 4 is 17.2 Å². The molecule has 0 spiro atoms. The van der Waals surface area contributed by atoms with E-state index in [9.17, 15) is 4.79 Å². The molecule has 108 valence electrons. The van der Waals surface area contributed by atoms with E-state index >= 15 is 0 Å². The molecule has 0 radical (unpaired) electrons. The molecule has 0 atom stereocenters. The van der Waals surface area contributed by atoms with Gasteiger partial charge in [0.2, 0.25) is 0 Å². The maximum atomic E-state index is 12.3. The number of carbonyl (C=O) groups is 1. The number of aliphatic hydroxyl groups excluding tert-OH is 1. The molecule has 1 aromatic heterocycles. The van der Waals surface area contributed by atoms with Gasteiger partial charge < -0.3 is 10.4 Å². The number of nitrogens with one attached hydrogen (secondary N) is 1. The normalized spacial score (nSPS) is 9.81. The van der Waals surface area contributed by atoms with Crippen LogP contribution in [0.25, 0.3) is 0 Å². The Morgan fingerprint density at radius 2 is 2.33 bits per heavy atom. The van der Waals surface area contributed by atoms with Gasteiger partial charge >= 0.3 is 0 Å². The number of hydrogen-bond donors (Lipinski definition) is 2. The van der Waals surface area contributed by atoms with E-state index in [1.54, 1.807) is 11.6 Å². The molecule has 0 saturated carbocycles. The van der Waals surface area contributed by atoms with Gasteiger partial charge in [0, 0.05) is 17.4 Å². The first kappa shape index (κ1) is 15.2.